The monoisotopic (exact) mass is 549 g/mol. The van der Waals surface area contributed by atoms with Crippen molar-refractivity contribution in [2.75, 3.05) is 26.7 Å². The first-order chi connectivity index (χ1) is 19.3. The second kappa shape index (κ2) is 12.3. The molecular formula is C32H47N5O3. The van der Waals surface area contributed by atoms with E-state index in [9.17, 15) is 9.59 Å². The highest BCUT2D eigenvalue weighted by atomic mass is 16.5. The zero-order chi connectivity index (χ0) is 28.3. The summed E-state index contributed by atoms with van der Waals surface area (Å²) in [7, 11) is 1.69. The number of piperazine rings is 1. The van der Waals surface area contributed by atoms with Gasteiger partial charge in [-0.15, -0.1) is 0 Å². The molecule has 218 valence electrons. The molecule has 8 nitrogen and oxygen atoms in total. The molecule has 3 fully saturated rings. The van der Waals surface area contributed by atoms with E-state index in [4.69, 9.17) is 9.84 Å². The van der Waals surface area contributed by atoms with Gasteiger partial charge in [0.2, 0.25) is 11.8 Å². The topological polar surface area (TPSA) is 79.7 Å². The number of hydrogen-bond acceptors (Lipinski definition) is 5. The number of nitrogens with zero attached hydrogens (tertiary/aromatic N) is 4. The van der Waals surface area contributed by atoms with Crippen molar-refractivity contribution < 1.29 is 14.3 Å². The van der Waals surface area contributed by atoms with Crippen molar-refractivity contribution in [1.29, 1.82) is 0 Å². The van der Waals surface area contributed by atoms with Crippen LogP contribution < -0.4 is 10.1 Å². The highest BCUT2D eigenvalue weighted by molar-refractivity contribution is 6.00. The Kier molecular flexibility index (Phi) is 8.83. The molecule has 2 aliphatic heterocycles. The number of hydrogen-bond donors (Lipinski definition) is 1. The summed E-state index contributed by atoms with van der Waals surface area (Å²) in [6.07, 6.45) is 10.2. The Morgan fingerprint density at radius 3 is 2.48 bits per heavy atom. The molecule has 2 aromatic rings. The normalized spacial score (nSPS) is 22.1. The van der Waals surface area contributed by atoms with E-state index in [-0.39, 0.29) is 17.9 Å². The minimum absolute atomic E-state index is 0.0633. The van der Waals surface area contributed by atoms with E-state index in [2.05, 4.69) is 42.3 Å². The van der Waals surface area contributed by atoms with E-state index in [0.29, 0.717) is 25.3 Å². The van der Waals surface area contributed by atoms with Crippen LogP contribution in [0.15, 0.2) is 24.3 Å². The Morgan fingerprint density at radius 1 is 1.07 bits per heavy atom. The molecule has 3 heterocycles. The lowest BCUT2D eigenvalue weighted by molar-refractivity contribution is -0.162. The molecule has 8 heteroatoms. The predicted octanol–water partition coefficient (Wildman–Crippen LogP) is 4.93. The number of unbranched alkanes of at least 4 members (excludes halogenated alkanes) is 1. The number of methoxy groups -OCH3 is 1. The van der Waals surface area contributed by atoms with Crippen LogP contribution >= 0.6 is 0 Å². The molecule has 1 aliphatic carbocycles. The van der Waals surface area contributed by atoms with E-state index < -0.39 is 5.54 Å². The number of aryl methyl sites for hydroxylation is 2. The third kappa shape index (κ3) is 5.78. The minimum atomic E-state index is -0.737. The number of piperidine rings is 1. The molecule has 40 heavy (non-hydrogen) atoms. The average Bonchev–Trinajstić information content (AvgIpc) is 3.30. The van der Waals surface area contributed by atoms with Crippen LogP contribution in [0, 0.1) is 19.8 Å². The summed E-state index contributed by atoms with van der Waals surface area (Å²) in [5, 5.41) is 7.95. The lowest BCUT2D eigenvalue weighted by atomic mass is 9.79. The van der Waals surface area contributed by atoms with Crippen LogP contribution in [-0.4, -0.2) is 69.7 Å². The standard InChI is InChI=1S/C32H47N5O3/c1-5-6-16-36-30(38)28(20-25-10-8-7-9-11-25)33-31(39)32(36)14-17-35(18-15-32)22-26-21-27(40-4)12-13-29(26)37-24(3)19-23(2)34-37/h12-13,19,21,25,28H,5-11,14-18,20,22H2,1-4H3,(H,33,39). The molecule has 2 saturated heterocycles. The molecule has 1 aromatic heterocycles. The number of likely N-dealkylation sites (tertiary alicyclic amines) is 1. The Hall–Kier alpha value is -2.87. The first-order valence-corrected chi connectivity index (χ1v) is 15.4. The van der Waals surface area contributed by atoms with E-state index in [1.165, 1.54) is 32.1 Å². The first kappa shape index (κ1) is 28.7. The average molecular weight is 550 g/mol. The van der Waals surface area contributed by atoms with E-state index >= 15 is 0 Å². The van der Waals surface area contributed by atoms with Crippen LogP contribution in [0.5, 0.6) is 5.75 Å². The van der Waals surface area contributed by atoms with E-state index in [1.807, 2.05) is 22.6 Å². The van der Waals surface area contributed by atoms with Gasteiger partial charge < -0.3 is 15.0 Å². The smallest absolute Gasteiger partial charge is 0.246 e. The molecule has 1 N–H and O–H groups in total. The maximum atomic E-state index is 13.9. The number of carbonyl (C=O) groups is 2. The molecule has 5 rings (SSSR count). The number of nitrogens with one attached hydrogen (secondary N) is 1. The summed E-state index contributed by atoms with van der Waals surface area (Å²) in [6, 6.07) is 7.87. The summed E-state index contributed by atoms with van der Waals surface area (Å²) < 4.78 is 7.56. The van der Waals surface area contributed by atoms with Crippen LogP contribution in [-0.2, 0) is 16.1 Å². The summed E-state index contributed by atoms with van der Waals surface area (Å²) >= 11 is 0. The maximum Gasteiger partial charge on any atom is 0.246 e. The second-order valence-electron chi connectivity index (χ2n) is 12.3. The van der Waals surface area contributed by atoms with E-state index in [0.717, 1.165) is 67.3 Å². The minimum Gasteiger partial charge on any atom is -0.497 e. The zero-order valence-electron chi connectivity index (χ0n) is 24.9. The fourth-order valence-corrected chi connectivity index (χ4v) is 7.15. The molecule has 1 unspecified atom stereocenters. The summed E-state index contributed by atoms with van der Waals surface area (Å²) in [4.78, 5) is 32.1. The van der Waals surface area contributed by atoms with Gasteiger partial charge in [-0.25, -0.2) is 4.68 Å². The predicted molar refractivity (Wildman–Crippen MR) is 157 cm³/mol. The highest BCUT2D eigenvalue weighted by Crippen LogP contribution is 2.37. The van der Waals surface area contributed by atoms with Gasteiger partial charge in [-0.05, 0) is 75.3 Å². The van der Waals surface area contributed by atoms with Crippen LogP contribution in [0.3, 0.4) is 0 Å². The number of benzene rings is 1. The van der Waals surface area contributed by atoms with Crippen molar-refractivity contribution in [3.05, 3.63) is 41.2 Å². The number of rotatable bonds is 9. The summed E-state index contributed by atoms with van der Waals surface area (Å²) in [6.45, 7) is 9.14. The van der Waals surface area contributed by atoms with Gasteiger partial charge in [-0.2, -0.15) is 5.10 Å². The first-order valence-electron chi connectivity index (χ1n) is 15.4. The molecule has 1 atom stereocenters. The van der Waals surface area contributed by atoms with Gasteiger partial charge in [0.05, 0.1) is 18.5 Å². The quantitative estimate of drug-likeness (QED) is 0.480. The maximum absolute atomic E-state index is 13.9. The molecule has 0 radical (unpaired) electrons. The number of amides is 2. The Morgan fingerprint density at radius 2 is 1.82 bits per heavy atom. The van der Waals surface area contributed by atoms with Crippen LogP contribution in [0.1, 0.15) is 88.1 Å². The van der Waals surface area contributed by atoms with Crippen molar-refractivity contribution in [1.82, 2.24) is 24.9 Å². The van der Waals surface area contributed by atoms with Crippen LogP contribution in [0.4, 0.5) is 0 Å². The van der Waals surface area contributed by atoms with Gasteiger partial charge in [-0.3, -0.25) is 14.5 Å². The van der Waals surface area contributed by atoms with Crippen LogP contribution in [0.2, 0.25) is 0 Å². The summed E-state index contributed by atoms with van der Waals surface area (Å²) in [5.41, 5.74) is 3.53. The van der Waals surface area contributed by atoms with Crippen LogP contribution in [0.25, 0.3) is 5.69 Å². The van der Waals surface area contributed by atoms with Gasteiger partial charge in [0.15, 0.2) is 0 Å². The van der Waals surface area contributed by atoms with Crippen molar-refractivity contribution >= 4 is 11.8 Å². The SMILES string of the molecule is CCCCN1C(=O)C(CC2CCCCC2)NC(=O)C12CCN(Cc1cc(OC)ccc1-n1nc(C)cc1C)CC2. The summed E-state index contributed by atoms with van der Waals surface area (Å²) in [5.74, 6) is 1.58. The fourth-order valence-electron chi connectivity index (χ4n) is 7.15. The van der Waals surface area contributed by atoms with Crippen molar-refractivity contribution in [2.45, 2.75) is 103 Å². The Bertz CT molecular complexity index is 1190. The third-order valence-electron chi connectivity index (χ3n) is 9.44. The molecule has 0 bridgehead atoms. The van der Waals surface area contributed by atoms with E-state index in [1.54, 1.807) is 7.11 Å². The number of aromatic nitrogens is 2. The zero-order valence-corrected chi connectivity index (χ0v) is 24.9. The van der Waals surface area contributed by atoms with Crippen molar-refractivity contribution in [3.8, 4) is 11.4 Å². The third-order valence-corrected chi connectivity index (χ3v) is 9.44. The molecule has 3 aliphatic rings. The second-order valence-corrected chi connectivity index (χ2v) is 12.3. The van der Waals surface area contributed by atoms with Gasteiger partial charge in [0, 0.05) is 31.9 Å². The number of ether oxygens (including phenoxy) is 1. The molecule has 1 aromatic carbocycles. The van der Waals surface area contributed by atoms with Crippen molar-refractivity contribution in [2.24, 2.45) is 5.92 Å². The largest absolute Gasteiger partial charge is 0.497 e. The molecule has 1 spiro atoms. The van der Waals surface area contributed by atoms with Gasteiger partial charge in [0.25, 0.3) is 0 Å². The van der Waals surface area contributed by atoms with Crippen molar-refractivity contribution in [3.63, 3.8) is 0 Å². The highest BCUT2D eigenvalue weighted by Gasteiger charge is 2.53. The Labute approximate surface area is 239 Å². The molecule has 1 saturated carbocycles. The molecular weight excluding hydrogens is 502 g/mol. The molecule has 2 amide bonds. The Balaban J connectivity index is 1.32. The van der Waals surface area contributed by atoms with Gasteiger partial charge in [-0.1, -0.05) is 45.4 Å². The van der Waals surface area contributed by atoms with Gasteiger partial charge in [0.1, 0.15) is 17.3 Å². The lowest BCUT2D eigenvalue weighted by Gasteiger charge is -2.52. The fraction of sp³-hybridized carbons (Fsp3) is 0.656. The van der Waals surface area contributed by atoms with Gasteiger partial charge >= 0.3 is 0 Å². The number of carbonyl (C=O) groups excluding carboxylic acids is 2. The lowest BCUT2D eigenvalue weighted by Crippen LogP contribution is -2.73.